The van der Waals surface area contributed by atoms with Gasteiger partial charge in [0, 0.05) is 12.8 Å². The van der Waals surface area contributed by atoms with Crippen LogP contribution in [0.4, 0.5) is 0 Å². The first-order chi connectivity index (χ1) is 12.1. The van der Waals surface area contributed by atoms with Crippen molar-refractivity contribution in [3.8, 4) is 0 Å². The highest BCUT2D eigenvalue weighted by Crippen LogP contribution is 2.66. The zero-order chi connectivity index (χ0) is 19.0. The summed E-state index contributed by atoms with van der Waals surface area (Å²) in [6.07, 6.45) is 3.83. The van der Waals surface area contributed by atoms with Gasteiger partial charge in [-0.25, -0.2) is 0 Å². The second-order valence-corrected chi connectivity index (χ2v) is 9.31. The average Bonchev–Trinajstić information content (AvgIpc) is 2.56. The summed E-state index contributed by atoms with van der Waals surface area (Å²) in [5, 5.41) is 33.1. The lowest BCUT2D eigenvalue weighted by Gasteiger charge is -2.64. The summed E-state index contributed by atoms with van der Waals surface area (Å²) in [6.45, 7) is 1.74. The predicted molar refractivity (Wildman–Crippen MR) is 91.2 cm³/mol. The van der Waals surface area contributed by atoms with E-state index in [0.717, 1.165) is 0 Å². The van der Waals surface area contributed by atoms with Crippen LogP contribution in [0.1, 0.15) is 71.1 Å². The molecule has 6 heteroatoms. The average molecular weight is 364 g/mol. The third kappa shape index (κ3) is 1.87. The SMILES string of the molecule is C[C@@]12CC[C@H]3[C@@H](C(=O)C[C@]4(O)CCCC[C@]34C(=O)O)[C@]1(O)CCCC2=O. The number of hydrogen-bond acceptors (Lipinski definition) is 5. The molecule has 4 aliphatic carbocycles. The van der Waals surface area contributed by atoms with Crippen LogP contribution in [0.25, 0.3) is 0 Å². The summed E-state index contributed by atoms with van der Waals surface area (Å²) in [6, 6.07) is 0. The number of hydrogen-bond donors (Lipinski definition) is 3. The zero-order valence-corrected chi connectivity index (χ0v) is 15.3. The molecule has 6 nitrogen and oxygen atoms in total. The van der Waals surface area contributed by atoms with Crippen LogP contribution in [0.5, 0.6) is 0 Å². The number of carbonyl (C=O) groups excluding carboxylic acids is 2. The molecule has 0 amide bonds. The molecule has 0 bridgehead atoms. The molecule has 0 unspecified atom stereocenters. The highest BCUT2D eigenvalue weighted by atomic mass is 16.4. The molecule has 4 rings (SSSR count). The van der Waals surface area contributed by atoms with Crippen molar-refractivity contribution in [1.82, 2.24) is 0 Å². The van der Waals surface area contributed by atoms with Crippen molar-refractivity contribution in [2.75, 3.05) is 0 Å². The Labute approximate surface area is 153 Å². The van der Waals surface area contributed by atoms with E-state index >= 15 is 0 Å². The van der Waals surface area contributed by atoms with Crippen molar-refractivity contribution in [3.05, 3.63) is 0 Å². The first kappa shape index (κ1) is 18.1. The fraction of sp³-hybridized carbons (Fsp3) is 0.850. The molecule has 4 aliphatic rings. The number of carbonyl (C=O) groups is 3. The van der Waals surface area contributed by atoms with Crippen molar-refractivity contribution < 1.29 is 29.7 Å². The quantitative estimate of drug-likeness (QED) is 0.655. The van der Waals surface area contributed by atoms with Crippen molar-refractivity contribution in [3.63, 3.8) is 0 Å². The molecule has 0 radical (unpaired) electrons. The monoisotopic (exact) mass is 364 g/mol. The standard InChI is InChI=1S/C20H28O6/c1-17-10-6-12-15(20(17,26)9-4-5-14(17)22)13(21)11-18(25)7-2-3-8-19(12,18)16(23)24/h12,15,25-26H,2-11H2,1H3,(H,23,24)/t12-,15-,17-,18+,19+,20+/m0/s1. The Morgan fingerprint density at radius 3 is 2.42 bits per heavy atom. The summed E-state index contributed by atoms with van der Waals surface area (Å²) in [4.78, 5) is 38.3. The maximum Gasteiger partial charge on any atom is 0.312 e. The van der Waals surface area contributed by atoms with Crippen molar-refractivity contribution >= 4 is 17.5 Å². The largest absolute Gasteiger partial charge is 0.481 e. The van der Waals surface area contributed by atoms with Gasteiger partial charge in [0.05, 0.1) is 22.5 Å². The van der Waals surface area contributed by atoms with Crippen LogP contribution < -0.4 is 0 Å². The van der Waals surface area contributed by atoms with Crippen LogP contribution in [0.3, 0.4) is 0 Å². The van der Waals surface area contributed by atoms with Gasteiger partial charge >= 0.3 is 5.97 Å². The van der Waals surface area contributed by atoms with Crippen LogP contribution in [-0.2, 0) is 14.4 Å². The van der Waals surface area contributed by atoms with Crippen LogP contribution in [0.15, 0.2) is 0 Å². The number of ketones is 2. The van der Waals surface area contributed by atoms with Gasteiger partial charge in [0.2, 0.25) is 0 Å². The van der Waals surface area contributed by atoms with E-state index in [1.807, 2.05) is 0 Å². The fourth-order valence-electron chi connectivity index (χ4n) is 7.05. The smallest absolute Gasteiger partial charge is 0.312 e. The van der Waals surface area contributed by atoms with E-state index < -0.39 is 39.8 Å². The van der Waals surface area contributed by atoms with Gasteiger partial charge in [-0.05, 0) is 51.4 Å². The molecule has 6 atom stereocenters. The number of carboxylic acids is 1. The minimum Gasteiger partial charge on any atom is -0.481 e. The van der Waals surface area contributed by atoms with E-state index in [4.69, 9.17) is 0 Å². The molecule has 0 aliphatic heterocycles. The molecule has 0 aromatic rings. The second-order valence-electron chi connectivity index (χ2n) is 9.31. The third-order valence-corrected chi connectivity index (χ3v) is 8.47. The van der Waals surface area contributed by atoms with E-state index in [1.54, 1.807) is 6.92 Å². The maximum atomic E-state index is 13.1. The Hall–Kier alpha value is -1.27. The topological polar surface area (TPSA) is 112 Å². The second kappa shape index (κ2) is 5.38. The lowest BCUT2D eigenvalue weighted by atomic mass is 9.39. The zero-order valence-electron chi connectivity index (χ0n) is 15.3. The lowest BCUT2D eigenvalue weighted by Crippen LogP contribution is -2.74. The molecule has 3 N–H and O–H groups in total. The Kier molecular flexibility index (Phi) is 3.75. The molecule has 26 heavy (non-hydrogen) atoms. The minimum atomic E-state index is -1.54. The minimum absolute atomic E-state index is 0.0219. The van der Waals surface area contributed by atoms with E-state index in [9.17, 15) is 29.7 Å². The first-order valence-electron chi connectivity index (χ1n) is 9.87. The Morgan fingerprint density at radius 1 is 1.04 bits per heavy atom. The third-order valence-electron chi connectivity index (χ3n) is 8.47. The van der Waals surface area contributed by atoms with Gasteiger partial charge in [0.25, 0.3) is 0 Å². The fourth-order valence-corrected chi connectivity index (χ4v) is 7.05. The van der Waals surface area contributed by atoms with Crippen LogP contribution in [0, 0.1) is 22.7 Å². The highest BCUT2D eigenvalue weighted by molar-refractivity contribution is 5.93. The molecule has 144 valence electrons. The Morgan fingerprint density at radius 2 is 1.73 bits per heavy atom. The predicted octanol–water partition coefficient (Wildman–Crippen LogP) is 1.85. The van der Waals surface area contributed by atoms with Crippen LogP contribution in [0.2, 0.25) is 0 Å². The summed E-state index contributed by atoms with van der Waals surface area (Å²) >= 11 is 0. The van der Waals surface area contributed by atoms with E-state index in [1.165, 1.54) is 0 Å². The molecular weight excluding hydrogens is 336 g/mol. The highest BCUT2D eigenvalue weighted by Gasteiger charge is 2.74. The van der Waals surface area contributed by atoms with Gasteiger partial charge in [-0.3, -0.25) is 14.4 Å². The Balaban J connectivity index is 1.87. The van der Waals surface area contributed by atoms with Crippen LogP contribution >= 0.6 is 0 Å². The van der Waals surface area contributed by atoms with Crippen LogP contribution in [-0.4, -0.2) is 44.1 Å². The lowest BCUT2D eigenvalue weighted by molar-refractivity contribution is -0.247. The number of aliphatic carboxylic acids is 1. The molecule has 0 spiro atoms. The maximum absolute atomic E-state index is 13.1. The van der Waals surface area contributed by atoms with Gasteiger partial charge in [-0.15, -0.1) is 0 Å². The van der Waals surface area contributed by atoms with E-state index in [2.05, 4.69) is 0 Å². The van der Waals surface area contributed by atoms with E-state index in [0.29, 0.717) is 57.8 Å². The van der Waals surface area contributed by atoms with Gasteiger partial charge < -0.3 is 15.3 Å². The number of carboxylic acid groups (broad SMARTS) is 1. The van der Waals surface area contributed by atoms with Gasteiger partial charge in [0.1, 0.15) is 17.0 Å². The molecule has 0 heterocycles. The normalized spacial score (nSPS) is 51.2. The molecule has 0 saturated heterocycles. The molecular formula is C20H28O6. The number of aliphatic hydroxyl groups is 2. The first-order valence-corrected chi connectivity index (χ1v) is 9.87. The number of Topliss-reactive ketones (excluding diaryl/α,β-unsaturated/α-hetero) is 2. The molecule has 4 fully saturated rings. The summed E-state index contributed by atoms with van der Waals surface area (Å²) < 4.78 is 0. The van der Waals surface area contributed by atoms with Gasteiger partial charge in [-0.2, -0.15) is 0 Å². The molecule has 0 aromatic heterocycles. The van der Waals surface area contributed by atoms with Gasteiger partial charge in [-0.1, -0.05) is 12.8 Å². The number of rotatable bonds is 1. The molecule has 0 aromatic carbocycles. The number of fused-ring (bicyclic) bond motifs is 5. The summed E-state index contributed by atoms with van der Waals surface area (Å²) in [7, 11) is 0. The summed E-state index contributed by atoms with van der Waals surface area (Å²) in [5.41, 5.74) is -5.44. The summed E-state index contributed by atoms with van der Waals surface area (Å²) in [5.74, 6) is -2.84. The van der Waals surface area contributed by atoms with Gasteiger partial charge in [0.15, 0.2) is 0 Å². The van der Waals surface area contributed by atoms with Crippen molar-refractivity contribution in [2.45, 2.75) is 82.3 Å². The van der Waals surface area contributed by atoms with Crippen molar-refractivity contribution in [2.24, 2.45) is 22.7 Å². The molecule has 4 saturated carbocycles. The van der Waals surface area contributed by atoms with E-state index in [-0.39, 0.29) is 18.0 Å². The van der Waals surface area contributed by atoms with Crippen molar-refractivity contribution in [1.29, 1.82) is 0 Å². The Bertz CT molecular complexity index is 688.